The fraction of sp³-hybridized carbons (Fsp3) is 0.391. The molecule has 7 heteroatoms. The summed E-state index contributed by atoms with van der Waals surface area (Å²) in [6.07, 6.45) is -0.665. The van der Waals surface area contributed by atoms with Gasteiger partial charge >= 0.3 is 12.2 Å². The van der Waals surface area contributed by atoms with Crippen molar-refractivity contribution in [3.8, 4) is 0 Å². The van der Waals surface area contributed by atoms with Gasteiger partial charge in [0.2, 0.25) is 0 Å². The summed E-state index contributed by atoms with van der Waals surface area (Å²) in [6.45, 7) is 3.49. The Hall–Kier alpha value is -3.06. The van der Waals surface area contributed by atoms with E-state index in [1.807, 2.05) is 60.7 Å². The van der Waals surface area contributed by atoms with Crippen LogP contribution < -0.4 is 5.32 Å². The Labute approximate surface area is 176 Å². The molecule has 1 atom stereocenters. The second kappa shape index (κ2) is 9.63. The molecule has 0 aliphatic carbocycles. The summed E-state index contributed by atoms with van der Waals surface area (Å²) in [7, 11) is 0. The van der Waals surface area contributed by atoms with Gasteiger partial charge in [0, 0.05) is 38.6 Å². The highest BCUT2D eigenvalue weighted by atomic mass is 16.6. The van der Waals surface area contributed by atoms with Crippen molar-refractivity contribution in [1.29, 1.82) is 0 Å². The van der Waals surface area contributed by atoms with Gasteiger partial charge in [-0.05, 0) is 11.1 Å². The highest BCUT2D eigenvalue weighted by Crippen LogP contribution is 2.23. The lowest BCUT2D eigenvalue weighted by Gasteiger charge is -2.46. The number of nitrogens with one attached hydrogen (secondary N) is 1. The second-order valence-corrected chi connectivity index (χ2v) is 7.71. The zero-order valence-electron chi connectivity index (χ0n) is 16.9. The molecule has 2 saturated heterocycles. The topological polar surface area (TPSA) is 71.1 Å². The molecule has 2 amide bonds. The first-order chi connectivity index (χ1) is 14.7. The molecule has 0 radical (unpaired) electrons. The summed E-state index contributed by atoms with van der Waals surface area (Å²) in [6, 6.07) is 19.2. The van der Waals surface area contributed by atoms with Gasteiger partial charge in [0.25, 0.3) is 0 Å². The number of carbonyl (C=O) groups excluding carboxylic acids is 2. The van der Waals surface area contributed by atoms with Crippen molar-refractivity contribution in [3.05, 3.63) is 71.8 Å². The zero-order chi connectivity index (χ0) is 20.8. The number of nitrogens with zero attached hydrogens (tertiary/aromatic N) is 2. The molecular formula is C23H27N3O4. The van der Waals surface area contributed by atoms with E-state index in [-0.39, 0.29) is 31.4 Å². The number of hydrogen-bond acceptors (Lipinski definition) is 5. The molecule has 0 bridgehead atoms. The molecule has 7 nitrogen and oxygen atoms in total. The third kappa shape index (κ3) is 4.91. The molecule has 0 aromatic heterocycles. The maximum absolute atomic E-state index is 12.8. The van der Waals surface area contributed by atoms with Crippen LogP contribution in [0.15, 0.2) is 60.7 Å². The number of hydrogen-bond donors (Lipinski definition) is 1. The van der Waals surface area contributed by atoms with E-state index in [9.17, 15) is 9.59 Å². The molecule has 4 rings (SSSR count). The van der Waals surface area contributed by atoms with E-state index < -0.39 is 0 Å². The Morgan fingerprint density at radius 3 is 1.93 bits per heavy atom. The third-order valence-electron chi connectivity index (χ3n) is 5.68. The van der Waals surface area contributed by atoms with Gasteiger partial charge in [-0.3, -0.25) is 0 Å². The second-order valence-electron chi connectivity index (χ2n) is 7.71. The van der Waals surface area contributed by atoms with Crippen molar-refractivity contribution in [2.24, 2.45) is 5.92 Å². The number of carbonyl (C=O) groups is 2. The summed E-state index contributed by atoms with van der Waals surface area (Å²) in [4.78, 5) is 28.8. The van der Waals surface area contributed by atoms with Gasteiger partial charge in [0.15, 0.2) is 0 Å². The Morgan fingerprint density at radius 2 is 1.40 bits per heavy atom. The van der Waals surface area contributed by atoms with Crippen LogP contribution in [0.25, 0.3) is 0 Å². The molecule has 2 aliphatic rings. The highest BCUT2D eigenvalue weighted by Gasteiger charge is 2.40. The molecule has 2 aliphatic heterocycles. The molecule has 0 saturated carbocycles. The van der Waals surface area contributed by atoms with Crippen molar-refractivity contribution in [3.63, 3.8) is 0 Å². The minimum atomic E-state index is -0.339. The van der Waals surface area contributed by atoms with Gasteiger partial charge in [-0.2, -0.15) is 0 Å². The van der Waals surface area contributed by atoms with Crippen LogP contribution >= 0.6 is 0 Å². The van der Waals surface area contributed by atoms with Crippen LogP contribution in [0.1, 0.15) is 11.1 Å². The predicted octanol–water partition coefficient (Wildman–Crippen LogP) is 2.87. The maximum atomic E-state index is 12.8. The smallest absolute Gasteiger partial charge is 0.410 e. The molecule has 0 spiro atoms. The van der Waals surface area contributed by atoms with Crippen molar-refractivity contribution >= 4 is 12.2 Å². The summed E-state index contributed by atoms with van der Waals surface area (Å²) in [5.74, 6) is 0.305. The quantitative estimate of drug-likeness (QED) is 0.822. The summed E-state index contributed by atoms with van der Waals surface area (Å²) < 4.78 is 11.0. The normalized spacial score (nSPS) is 19.1. The van der Waals surface area contributed by atoms with E-state index in [0.717, 1.165) is 24.2 Å². The molecule has 2 aromatic rings. The lowest BCUT2D eigenvalue weighted by atomic mass is 9.91. The zero-order valence-corrected chi connectivity index (χ0v) is 16.9. The standard InChI is InChI=1S/C23H27N3O4/c27-22(29-16-18-7-3-1-4-8-18)25-11-12-26(21(15-25)20-13-24-14-20)23(28)30-17-19-9-5-2-6-10-19/h1-10,20-21,24H,11-17H2. The highest BCUT2D eigenvalue weighted by molar-refractivity contribution is 5.71. The molecule has 158 valence electrons. The van der Waals surface area contributed by atoms with E-state index in [2.05, 4.69) is 5.32 Å². The van der Waals surface area contributed by atoms with Gasteiger partial charge in [0.1, 0.15) is 13.2 Å². The number of rotatable bonds is 5. The Balaban J connectivity index is 1.33. The average molecular weight is 409 g/mol. The van der Waals surface area contributed by atoms with Crippen LogP contribution in [0.2, 0.25) is 0 Å². The van der Waals surface area contributed by atoms with Crippen LogP contribution in [-0.2, 0) is 22.7 Å². The fourth-order valence-electron chi connectivity index (χ4n) is 3.80. The Bertz CT molecular complexity index is 842. The fourth-order valence-corrected chi connectivity index (χ4v) is 3.80. The number of amides is 2. The first kappa shape index (κ1) is 20.2. The molecule has 2 aromatic carbocycles. The first-order valence-electron chi connectivity index (χ1n) is 10.3. The predicted molar refractivity (Wildman–Crippen MR) is 112 cm³/mol. The number of benzene rings is 2. The number of piperazine rings is 1. The van der Waals surface area contributed by atoms with E-state index >= 15 is 0 Å². The number of ether oxygens (including phenoxy) is 2. The summed E-state index contributed by atoms with van der Waals surface area (Å²) in [5, 5.41) is 3.25. The largest absolute Gasteiger partial charge is 0.445 e. The van der Waals surface area contributed by atoms with E-state index in [0.29, 0.717) is 25.6 Å². The van der Waals surface area contributed by atoms with Crippen molar-refractivity contribution in [2.75, 3.05) is 32.7 Å². The maximum Gasteiger partial charge on any atom is 0.410 e. The van der Waals surface area contributed by atoms with Crippen LogP contribution in [0.5, 0.6) is 0 Å². The van der Waals surface area contributed by atoms with Crippen LogP contribution in [0, 0.1) is 5.92 Å². The minimum absolute atomic E-state index is 0.0763. The Kier molecular flexibility index (Phi) is 6.49. The molecular weight excluding hydrogens is 382 g/mol. The van der Waals surface area contributed by atoms with E-state index in [1.165, 1.54) is 0 Å². The summed E-state index contributed by atoms with van der Waals surface area (Å²) >= 11 is 0. The molecule has 1 unspecified atom stereocenters. The van der Waals surface area contributed by atoms with Crippen LogP contribution in [0.4, 0.5) is 9.59 Å². The van der Waals surface area contributed by atoms with Gasteiger partial charge in [-0.25, -0.2) is 9.59 Å². The van der Waals surface area contributed by atoms with Gasteiger partial charge in [-0.15, -0.1) is 0 Å². The van der Waals surface area contributed by atoms with Gasteiger partial charge in [0.05, 0.1) is 6.04 Å². The van der Waals surface area contributed by atoms with Gasteiger partial charge < -0.3 is 24.6 Å². The molecule has 2 fully saturated rings. The minimum Gasteiger partial charge on any atom is -0.445 e. The SMILES string of the molecule is O=C(OCc1ccccc1)N1CCN(C(=O)OCc2ccccc2)C(C2CNC2)C1. The first-order valence-corrected chi connectivity index (χ1v) is 10.3. The molecule has 1 N–H and O–H groups in total. The monoisotopic (exact) mass is 409 g/mol. The molecule has 2 heterocycles. The van der Waals surface area contributed by atoms with Crippen molar-refractivity contribution in [1.82, 2.24) is 15.1 Å². The van der Waals surface area contributed by atoms with Gasteiger partial charge in [-0.1, -0.05) is 60.7 Å². The lowest BCUT2D eigenvalue weighted by molar-refractivity contribution is 0.00881. The van der Waals surface area contributed by atoms with E-state index in [4.69, 9.17) is 9.47 Å². The molecule has 30 heavy (non-hydrogen) atoms. The van der Waals surface area contributed by atoms with Crippen molar-refractivity contribution < 1.29 is 19.1 Å². The van der Waals surface area contributed by atoms with E-state index in [1.54, 1.807) is 9.80 Å². The average Bonchev–Trinajstić information content (AvgIpc) is 2.76. The van der Waals surface area contributed by atoms with Crippen LogP contribution in [0.3, 0.4) is 0 Å². The van der Waals surface area contributed by atoms with Crippen molar-refractivity contribution in [2.45, 2.75) is 19.3 Å². The summed E-state index contributed by atoms with van der Waals surface area (Å²) in [5.41, 5.74) is 1.91. The van der Waals surface area contributed by atoms with Crippen LogP contribution in [-0.4, -0.2) is 60.8 Å². The third-order valence-corrected chi connectivity index (χ3v) is 5.68. The lowest BCUT2D eigenvalue weighted by Crippen LogP contribution is -2.64. The Morgan fingerprint density at radius 1 is 0.833 bits per heavy atom.